The first-order valence-electron chi connectivity index (χ1n) is 8.92. The van der Waals surface area contributed by atoms with E-state index in [0.717, 1.165) is 11.8 Å². The first-order chi connectivity index (χ1) is 14.0. The third-order valence-corrected chi connectivity index (χ3v) is 5.03. The van der Waals surface area contributed by atoms with Gasteiger partial charge in [0.05, 0.1) is 23.2 Å². The van der Waals surface area contributed by atoms with Crippen molar-refractivity contribution in [1.82, 2.24) is 14.9 Å². The number of hydrogen-bond acceptors (Lipinski definition) is 5. The molecule has 0 aliphatic heterocycles. The van der Waals surface area contributed by atoms with Crippen LogP contribution >= 0.6 is 11.8 Å². The summed E-state index contributed by atoms with van der Waals surface area (Å²) in [7, 11) is 0. The Hall–Kier alpha value is -3.20. The summed E-state index contributed by atoms with van der Waals surface area (Å²) in [4.78, 5) is 41.0. The molecule has 0 fully saturated rings. The maximum atomic E-state index is 12.9. The smallest absolute Gasteiger partial charge is 0.262 e. The molecule has 3 aromatic rings. The van der Waals surface area contributed by atoms with Crippen molar-refractivity contribution in [2.75, 3.05) is 17.6 Å². The van der Waals surface area contributed by atoms with E-state index in [4.69, 9.17) is 0 Å². The molecule has 0 bridgehead atoms. The number of nitrogens with one attached hydrogen (secondary N) is 2. The number of carbonyl (C=O) groups excluding carboxylic acids is 2. The predicted molar refractivity (Wildman–Crippen MR) is 110 cm³/mol. The van der Waals surface area contributed by atoms with Crippen molar-refractivity contribution in [1.29, 1.82) is 0 Å². The lowest BCUT2D eigenvalue weighted by Gasteiger charge is -2.11. The molecule has 150 valence electrons. The lowest BCUT2D eigenvalue weighted by Crippen LogP contribution is -2.34. The van der Waals surface area contributed by atoms with Gasteiger partial charge in [-0.15, -0.1) is 0 Å². The van der Waals surface area contributed by atoms with E-state index in [1.807, 2.05) is 6.92 Å². The topological polar surface area (TPSA) is 93.1 Å². The van der Waals surface area contributed by atoms with Crippen LogP contribution in [-0.4, -0.2) is 33.7 Å². The molecule has 1 heterocycles. The Labute approximate surface area is 170 Å². The second-order valence-corrected chi connectivity index (χ2v) is 7.02. The molecule has 0 unspecified atom stereocenters. The van der Waals surface area contributed by atoms with E-state index in [-0.39, 0.29) is 23.8 Å². The third kappa shape index (κ3) is 5.20. The van der Waals surface area contributed by atoms with Gasteiger partial charge >= 0.3 is 0 Å². The van der Waals surface area contributed by atoms with Crippen LogP contribution in [0.1, 0.15) is 6.92 Å². The van der Waals surface area contributed by atoms with Gasteiger partial charge in [-0.2, -0.15) is 0 Å². The molecule has 29 heavy (non-hydrogen) atoms. The number of hydrogen-bond donors (Lipinski definition) is 2. The summed E-state index contributed by atoms with van der Waals surface area (Å²) in [6.45, 7) is 2.05. The van der Waals surface area contributed by atoms with Crippen LogP contribution in [0.25, 0.3) is 10.9 Å². The zero-order valence-corrected chi connectivity index (χ0v) is 16.5. The van der Waals surface area contributed by atoms with Crippen molar-refractivity contribution < 1.29 is 14.0 Å². The van der Waals surface area contributed by atoms with E-state index < -0.39 is 11.7 Å². The standard InChI is InChI=1S/C20H19FN4O3S/c1-2-25-19(28)15-5-3-4-6-16(15)24-20(25)29-12-18(27)22-11-17(26)23-14-9-7-13(21)8-10-14/h3-10H,2,11-12H2,1H3,(H,22,27)(H,23,26). The van der Waals surface area contributed by atoms with Crippen molar-refractivity contribution >= 4 is 40.2 Å². The summed E-state index contributed by atoms with van der Waals surface area (Å²) in [6, 6.07) is 12.4. The van der Waals surface area contributed by atoms with Gasteiger partial charge in [-0.05, 0) is 43.3 Å². The molecule has 0 saturated carbocycles. The van der Waals surface area contributed by atoms with E-state index >= 15 is 0 Å². The van der Waals surface area contributed by atoms with E-state index in [0.29, 0.717) is 28.3 Å². The molecule has 0 atom stereocenters. The SMILES string of the molecule is CCn1c(SCC(=O)NCC(=O)Nc2ccc(F)cc2)nc2ccccc2c1=O. The van der Waals surface area contributed by atoms with E-state index in [9.17, 15) is 18.8 Å². The summed E-state index contributed by atoms with van der Waals surface area (Å²) in [6.07, 6.45) is 0. The average molecular weight is 414 g/mol. The molecule has 2 amide bonds. The number of para-hydroxylation sites is 1. The Morgan fingerprint density at radius 2 is 1.83 bits per heavy atom. The molecular formula is C20H19FN4O3S. The number of nitrogens with zero attached hydrogens (tertiary/aromatic N) is 2. The van der Waals surface area contributed by atoms with Crippen LogP contribution < -0.4 is 16.2 Å². The first-order valence-corrected chi connectivity index (χ1v) is 9.91. The van der Waals surface area contributed by atoms with Crippen LogP contribution in [0.2, 0.25) is 0 Å². The average Bonchev–Trinajstić information content (AvgIpc) is 2.72. The van der Waals surface area contributed by atoms with Crippen LogP contribution in [-0.2, 0) is 16.1 Å². The van der Waals surface area contributed by atoms with Crippen LogP contribution in [0.5, 0.6) is 0 Å². The third-order valence-electron chi connectivity index (χ3n) is 4.05. The van der Waals surface area contributed by atoms with E-state index in [1.165, 1.54) is 28.8 Å². The molecule has 0 spiro atoms. The number of aromatic nitrogens is 2. The highest BCUT2D eigenvalue weighted by molar-refractivity contribution is 7.99. The Kier molecular flexibility index (Phi) is 6.61. The van der Waals surface area contributed by atoms with Crippen LogP contribution in [0.15, 0.2) is 58.5 Å². The van der Waals surface area contributed by atoms with Crippen molar-refractivity contribution in [2.45, 2.75) is 18.6 Å². The van der Waals surface area contributed by atoms with Crippen molar-refractivity contribution in [3.8, 4) is 0 Å². The summed E-state index contributed by atoms with van der Waals surface area (Å²) >= 11 is 1.13. The Morgan fingerprint density at radius 3 is 2.55 bits per heavy atom. The minimum absolute atomic E-state index is 0.00854. The number of fused-ring (bicyclic) bond motifs is 1. The van der Waals surface area contributed by atoms with Gasteiger partial charge in [0.25, 0.3) is 5.56 Å². The number of rotatable bonds is 7. The predicted octanol–water partition coefficient (Wildman–Crippen LogP) is 2.40. The Balaban J connectivity index is 1.57. The molecule has 0 aliphatic carbocycles. The first kappa shape index (κ1) is 20.5. The Bertz CT molecular complexity index is 1100. The molecular weight excluding hydrogens is 395 g/mol. The molecule has 2 aromatic carbocycles. The van der Waals surface area contributed by atoms with Gasteiger partial charge in [-0.25, -0.2) is 9.37 Å². The van der Waals surface area contributed by atoms with Crippen LogP contribution in [0, 0.1) is 5.82 Å². The van der Waals surface area contributed by atoms with Crippen LogP contribution in [0.4, 0.5) is 10.1 Å². The summed E-state index contributed by atoms with van der Waals surface area (Å²) in [5.41, 5.74) is 0.857. The fraction of sp³-hybridized carbons (Fsp3) is 0.200. The molecule has 3 rings (SSSR count). The van der Waals surface area contributed by atoms with Gasteiger partial charge in [0.1, 0.15) is 5.82 Å². The van der Waals surface area contributed by atoms with Gasteiger partial charge in [0, 0.05) is 12.2 Å². The second kappa shape index (κ2) is 9.33. The Morgan fingerprint density at radius 1 is 1.10 bits per heavy atom. The van der Waals surface area contributed by atoms with Crippen LogP contribution in [0.3, 0.4) is 0 Å². The maximum Gasteiger partial charge on any atom is 0.262 e. The van der Waals surface area contributed by atoms with Crippen molar-refractivity contribution in [3.05, 3.63) is 64.7 Å². The number of carbonyl (C=O) groups is 2. The molecule has 0 saturated heterocycles. The lowest BCUT2D eigenvalue weighted by atomic mass is 10.2. The van der Waals surface area contributed by atoms with E-state index in [1.54, 1.807) is 24.3 Å². The summed E-state index contributed by atoms with van der Waals surface area (Å²) < 4.78 is 14.4. The quantitative estimate of drug-likeness (QED) is 0.458. The van der Waals surface area contributed by atoms with Gasteiger partial charge < -0.3 is 10.6 Å². The zero-order valence-electron chi connectivity index (χ0n) is 15.6. The van der Waals surface area contributed by atoms with Crippen molar-refractivity contribution in [3.63, 3.8) is 0 Å². The highest BCUT2D eigenvalue weighted by Crippen LogP contribution is 2.17. The van der Waals surface area contributed by atoms with Gasteiger partial charge in [0.2, 0.25) is 11.8 Å². The summed E-state index contributed by atoms with van der Waals surface area (Å²) in [5.74, 6) is -1.19. The van der Waals surface area contributed by atoms with Gasteiger partial charge in [0.15, 0.2) is 5.16 Å². The fourth-order valence-electron chi connectivity index (χ4n) is 2.64. The van der Waals surface area contributed by atoms with Gasteiger partial charge in [-0.1, -0.05) is 23.9 Å². The number of thioether (sulfide) groups is 1. The minimum atomic E-state index is -0.427. The minimum Gasteiger partial charge on any atom is -0.346 e. The molecule has 7 nitrogen and oxygen atoms in total. The molecule has 2 N–H and O–H groups in total. The number of benzene rings is 2. The maximum absolute atomic E-state index is 12.9. The monoisotopic (exact) mass is 414 g/mol. The fourth-order valence-corrected chi connectivity index (χ4v) is 3.53. The number of amides is 2. The zero-order chi connectivity index (χ0) is 20.8. The summed E-state index contributed by atoms with van der Waals surface area (Å²) in [5, 5.41) is 6.05. The number of halogens is 1. The highest BCUT2D eigenvalue weighted by atomic mass is 32.2. The molecule has 0 aliphatic rings. The molecule has 0 radical (unpaired) electrons. The van der Waals surface area contributed by atoms with Gasteiger partial charge in [-0.3, -0.25) is 19.0 Å². The largest absolute Gasteiger partial charge is 0.346 e. The second-order valence-electron chi connectivity index (χ2n) is 6.08. The lowest BCUT2D eigenvalue weighted by molar-refractivity contribution is -0.122. The normalized spacial score (nSPS) is 10.7. The highest BCUT2D eigenvalue weighted by Gasteiger charge is 2.13. The van der Waals surface area contributed by atoms with Crippen molar-refractivity contribution in [2.24, 2.45) is 0 Å². The molecule has 9 heteroatoms. The molecule has 1 aromatic heterocycles. The number of anilines is 1. The van der Waals surface area contributed by atoms with E-state index in [2.05, 4.69) is 15.6 Å².